The first-order chi connectivity index (χ1) is 23.0. The Morgan fingerprint density at radius 2 is 0.917 bits per heavy atom. The van der Waals surface area contributed by atoms with Crippen molar-refractivity contribution in [2.75, 3.05) is 39.3 Å². The fourth-order valence-electron chi connectivity index (χ4n) is 4.52. The van der Waals surface area contributed by atoms with Gasteiger partial charge in [0.1, 0.15) is 0 Å². The van der Waals surface area contributed by atoms with Crippen molar-refractivity contribution in [2.24, 2.45) is 0 Å². The van der Waals surface area contributed by atoms with Crippen LogP contribution < -0.4 is 16.0 Å². The number of hydroxylamine groups is 6. The molecule has 0 atom stereocenters. The molecule has 15 nitrogen and oxygen atoms in total. The summed E-state index contributed by atoms with van der Waals surface area (Å²) in [5.41, 5.74) is 0.825. The van der Waals surface area contributed by atoms with Crippen molar-refractivity contribution < 1.29 is 44.4 Å². The van der Waals surface area contributed by atoms with E-state index in [1.807, 2.05) is 30.3 Å². The van der Waals surface area contributed by atoms with Gasteiger partial charge in [0.05, 0.1) is 6.42 Å². The molecule has 6 amide bonds. The molecule has 0 fully saturated rings. The van der Waals surface area contributed by atoms with Gasteiger partial charge < -0.3 is 16.0 Å². The van der Waals surface area contributed by atoms with E-state index in [9.17, 15) is 44.4 Å². The summed E-state index contributed by atoms with van der Waals surface area (Å²) < 4.78 is 0. The molecule has 0 heterocycles. The van der Waals surface area contributed by atoms with Crippen molar-refractivity contribution in [1.82, 2.24) is 31.1 Å². The van der Waals surface area contributed by atoms with Crippen LogP contribution in [0.15, 0.2) is 30.3 Å². The average Bonchev–Trinajstić information content (AvgIpc) is 3.06. The van der Waals surface area contributed by atoms with Gasteiger partial charge in [-0.3, -0.25) is 44.4 Å². The zero-order chi connectivity index (χ0) is 35.6. The average molecular weight is 679 g/mol. The van der Waals surface area contributed by atoms with E-state index in [0.29, 0.717) is 74.7 Å². The van der Waals surface area contributed by atoms with Gasteiger partial charge >= 0.3 is 0 Å². The number of unbranched alkanes of at least 4 members (excludes halogenated alkanes) is 6. The monoisotopic (exact) mass is 678 g/mol. The predicted octanol–water partition coefficient (Wildman–Crippen LogP) is 2.32. The van der Waals surface area contributed by atoms with E-state index in [1.54, 1.807) is 0 Å². The molecular formula is C33H54N6O9. The van der Waals surface area contributed by atoms with Gasteiger partial charge in [-0.05, 0) is 63.4 Å². The number of amides is 6. The maximum absolute atomic E-state index is 12.1. The van der Waals surface area contributed by atoms with E-state index < -0.39 is 11.8 Å². The molecule has 15 heteroatoms. The van der Waals surface area contributed by atoms with Crippen LogP contribution in [-0.2, 0) is 35.2 Å². The van der Waals surface area contributed by atoms with Crippen LogP contribution in [0, 0.1) is 0 Å². The fraction of sp³-hybridized carbons (Fsp3) is 0.636. The van der Waals surface area contributed by atoms with E-state index >= 15 is 0 Å². The van der Waals surface area contributed by atoms with Crippen LogP contribution in [0.4, 0.5) is 0 Å². The van der Waals surface area contributed by atoms with Gasteiger partial charge in [-0.15, -0.1) is 0 Å². The molecular weight excluding hydrogens is 624 g/mol. The standard InChI is InChI=1S/C33H54N6O9/c1-27(40)34-20-8-3-11-23-37(46)31(43)18-16-29(41)35-21-9-4-12-24-38(47)32(44)19-17-30(42)36-22-10-5-13-25-39(48)33(45)26-28-14-6-2-7-15-28/h2,6-7,14-15,46-48H,3-5,8-13,16-26H2,1H3,(H,34,40)(H,35,41)(H,36,42). The Morgan fingerprint density at radius 1 is 0.521 bits per heavy atom. The summed E-state index contributed by atoms with van der Waals surface area (Å²) in [5, 5.41) is 39.7. The second-order valence-corrected chi connectivity index (χ2v) is 11.6. The highest BCUT2D eigenvalue weighted by molar-refractivity contribution is 5.83. The molecule has 0 saturated carbocycles. The van der Waals surface area contributed by atoms with Crippen LogP contribution >= 0.6 is 0 Å². The minimum atomic E-state index is -0.561. The largest absolute Gasteiger partial charge is 0.356 e. The Morgan fingerprint density at radius 3 is 1.33 bits per heavy atom. The molecule has 0 aromatic heterocycles. The molecule has 1 aromatic rings. The number of benzene rings is 1. The molecule has 0 aliphatic heterocycles. The molecule has 0 bridgehead atoms. The van der Waals surface area contributed by atoms with Crippen LogP contribution in [0.25, 0.3) is 0 Å². The molecule has 6 N–H and O–H groups in total. The second kappa shape index (κ2) is 25.9. The van der Waals surface area contributed by atoms with Crippen LogP contribution in [0.1, 0.15) is 96.0 Å². The SMILES string of the molecule is CC(=O)NCCCCCN(O)C(=O)CCC(=O)NCCCCCN(O)C(=O)CCC(=O)NCCCCCN(O)C(=O)Cc1ccccc1. The zero-order valence-electron chi connectivity index (χ0n) is 28.2. The highest BCUT2D eigenvalue weighted by Gasteiger charge is 2.15. The molecule has 1 aromatic carbocycles. The molecule has 1 rings (SSSR count). The molecule has 0 spiro atoms. The number of hydrogen-bond acceptors (Lipinski definition) is 9. The Balaban J connectivity index is 2.00. The van der Waals surface area contributed by atoms with Gasteiger partial charge in [0, 0.05) is 71.9 Å². The lowest BCUT2D eigenvalue weighted by Crippen LogP contribution is -2.31. The van der Waals surface area contributed by atoms with Crippen molar-refractivity contribution in [2.45, 2.75) is 96.8 Å². The summed E-state index contributed by atoms with van der Waals surface area (Å²) in [7, 11) is 0. The third kappa shape index (κ3) is 21.7. The molecule has 270 valence electrons. The van der Waals surface area contributed by atoms with Crippen molar-refractivity contribution in [3.63, 3.8) is 0 Å². The highest BCUT2D eigenvalue weighted by atomic mass is 16.5. The summed E-state index contributed by atoms with van der Waals surface area (Å²) in [5.74, 6) is -2.19. The number of hydrogen-bond donors (Lipinski definition) is 6. The van der Waals surface area contributed by atoms with Gasteiger partial charge in [-0.2, -0.15) is 0 Å². The molecule has 0 unspecified atom stereocenters. The lowest BCUT2D eigenvalue weighted by Gasteiger charge is -2.15. The van der Waals surface area contributed by atoms with Crippen LogP contribution in [0.5, 0.6) is 0 Å². The van der Waals surface area contributed by atoms with E-state index in [0.717, 1.165) is 23.5 Å². The third-order valence-corrected chi connectivity index (χ3v) is 7.35. The maximum Gasteiger partial charge on any atom is 0.250 e. The maximum atomic E-state index is 12.1. The van der Waals surface area contributed by atoms with Crippen molar-refractivity contribution >= 4 is 35.4 Å². The molecule has 0 radical (unpaired) electrons. The normalized spacial score (nSPS) is 10.6. The number of nitrogens with one attached hydrogen (secondary N) is 3. The second-order valence-electron chi connectivity index (χ2n) is 11.6. The first kappa shape index (κ1) is 41.9. The van der Waals surface area contributed by atoms with E-state index in [2.05, 4.69) is 16.0 Å². The molecule has 48 heavy (non-hydrogen) atoms. The quantitative estimate of drug-likeness (QED) is 0.0482. The minimum Gasteiger partial charge on any atom is -0.356 e. The van der Waals surface area contributed by atoms with Crippen molar-refractivity contribution in [3.8, 4) is 0 Å². The van der Waals surface area contributed by atoms with Gasteiger partial charge in [0.25, 0.3) is 0 Å². The molecule has 0 aliphatic carbocycles. The van der Waals surface area contributed by atoms with Crippen molar-refractivity contribution in [1.29, 1.82) is 0 Å². The lowest BCUT2D eigenvalue weighted by molar-refractivity contribution is -0.166. The summed E-state index contributed by atoms with van der Waals surface area (Å²) in [6, 6.07) is 9.16. The Kier molecular flexibility index (Phi) is 22.7. The van der Waals surface area contributed by atoms with E-state index in [4.69, 9.17) is 0 Å². The number of carbonyl (C=O) groups is 6. The highest BCUT2D eigenvalue weighted by Crippen LogP contribution is 2.05. The first-order valence-corrected chi connectivity index (χ1v) is 16.8. The summed E-state index contributed by atoms with van der Waals surface area (Å²) in [6.45, 7) is 3.21. The third-order valence-electron chi connectivity index (χ3n) is 7.35. The summed E-state index contributed by atoms with van der Waals surface area (Å²) >= 11 is 0. The van der Waals surface area contributed by atoms with Crippen LogP contribution in [-0.4, -0.2) is 106 Å². The van der Waals surface area contributed by atoms with Gasteiger partial charge in [-0.25, -0.2) is 15.2 Å². The smallest absolute Gasteiger partial charge is 0.250 e. The van der Waals surface area contributed by atoms with Crippen LogP contribution in [0.3, 0.4) is 0 Å². The van der Waals surface area contributed by atoms with Crippen LogP contribution in [0.2, 0.25) is 0 Å². The lowest BCUT2D eigenvalue weighted by atomic mass is 10.1. The van der Waals surface area contributed by atoms with Gasteiger partial charge in [0.2, 0.25) is 35.4 Å². The van der Waals surface area contributed by atoms with E-state index in [-0.39, 0.29) is 75.4 Å². The van der Waals surface area contributed by atoms with Gasteiger partial charge in [0.15, 0.2) is 0 Å². The molecule has 0 saturated heterocycles. The molecule has 0 aliphatic rings. The Labute approximate surface area is 282 Å². The Bertz CT molecular complexity index is 1120. The number of nitrogens with zero attached hydrogens (tertiary/aromatic N) is 3. The summed E-state index contributed by atoms with van der Waals surface area (Å²) in [6.07, 6.45) is 5.48. The first-order valence-electron chi connectivity index (χ1n) is 16.8. The number of rotatable bonds is 26. The predicted molar refractivity (Wildman–Crippen MR) is 175 cm³/mol. The Hall–Kier alpha value is -4.08. The minimum absolute atomic E-state index is 0.0505. The fourth-order valence-corrected chi connectivity index (χ4v) is 4.52. The zero-order valence-corrected chi connectivity index (χ0v) is 28.2. The van der Waals surface area contributed by atoms with Gasteiger partial charge in [-0.1, -0.05) is 30.3 Å². The topological polar surface area (TPSA) is 209 Å². The van der Waals surface area contributed by atoms with Crippen molar-refractivity contribution in [3.05, 3.63) is 35.9 Å². The number of carbonyl (C=O) groups excluding carboxylic acids is 6. The van der Waals surface area contributed by atoms with E-state index in [1.165, 1.54) is 6.92 Å². The summed E-state index contributed by atoms with van der Waals surface area (Å²) in [4.78, 5) is 71.0.